The number of aromatic nitrogens is 2. The predicted octanol–water partition coefficient (Wildman–Crippen LogP) is 13.8. The average molecular weight is 716 g/mol. The fourth-order valence-electron chi connectivity index (χ4n) is 8.83. The van der Waals surface area contributed by atoms with Crippen molar-refractivity contribution in [2.75, 3.05) is 0 Å². The lowest BCUT2D eigenvalue weighted by Gasteiger charge is -2.19. The Kier molecular flexibility index (Phi) is 7.60. The highest BCUT2D eigenvalue weighted by molar-refractivity contribution is 6.11. The molecule has 0 N–H and O–H groups in total. The van der Waals surface area contributed by atoms with Crippen molar-refractivity contribution >= 4 is 54.9 Å². The molecule has 10 rings (SSSR count). The van der Waals surface area contributed by atoms with Crippen LogP contribution in [0.2, 0.25) is 0 Å². The number of nitrogens with zero attached hydrogens (tertiary/aromatic N) is 2. The fourth-order valence-corrected chi connectivity index (χ4v) is 8.83. The lowest BCUT2D eigenvalue weighted by atomic mass is 9.89. The Hall–Kier alpha value is -6.39. The van der Waals surface area contributed by atoms with E-state index in [-0.39, 0.29) is 11.8 Å². The molecule has 0 bridgehead atoms. The van der Waals surface area contributed by atoms with Crippen LogP contribution in [0.1, 0.15) is 56.2 Å². The molecule has 268 valence electrons. The number of para-hydroxylation sites is 2. The molecule has 0 fully saturated rings. The van der Waals surface area contributed by atoms with Gasteiger partial charge in [-0.15, -0.1) is 0 Å². The average Bonchev–Trinajstić information content (AvgIpc) is 3.86. The highest BCUT2D eigenvalue weighted by Crippen LogP contribution is 2.46. The van der Waals surface area contributed by atoms with E-state index in [1.165, 1.54) is 27.9 Å². The Bertz CT molecular complexity index is 3100. The molecular formula is C51H43N2O2+. The topological polar surface area (TPSA) is 35.1 Å². The van der Waals surface area contributed by atoms with Gasteiger partial charge in [0.1, 0.15) is 28.0 Å². The third-order valence-electron chi connectivity index (χ3n) is 11.5. The number of hydrogen-bond acceptors (Lipinski definition) is 2. The van der Waals surface area contributed by atoms with E-state index in [4.69, 9.17) is 8.83 Å². The summed E-state index contributed by atoms with van der Waals surface area (Å²) in [7, 11) is 2.19. The summed E-state index contributed by atoms with van der Waals surface area (Å²) in [6.07, 6.45) is 0. The van der Waals surface area contributed by atoms with Gasteiger partial charge in [0.25, 0.3) is 5.82 Å². The highest BCUT2D eigenvalue weighted by Gasteiger charge is 2.35. The van der Waals surface area contributed by atoms with Crippen molar-refractivity contribution in [3.05, 3.63) is 156 Å². The van der Waals surface area contributed by atoms with Crippen molar-refractivity contribution in [1.82, 2.24) is 4.57 Å². The Morgan fingerprint density at radius 3 is 1.71 bits per heavy atom. The van der Waals surface area contributed by atoms with Gasteiger partial charge in [-0.2, -0.15) is 4.57 Å². The van der Waals surface area contributed by atoms with Crippen LogP contribution in [0.3, 0.4) is 0 Å². The first kappa shape index (κ1) is 33.2. The van der Waals surface area contributed by atoms with Gasteiger partial charge in [0.05, 0.1) is 7.05 Å². The molecule has 0 aliphatic heterocycles. The third-order valence-corrected chi connectivity index (χ3v) is 11.5. The lowest BCUT2D eigenvalue weighted by molar-refractivity contribution is -0.633. The van der Waals surface area contributed by atoms with Crippen LogP contribution in [0.15, 0.2) is 148 Å². The molecule has 4 heteroatoms. The standard InChI is InChI=1S/C51H43N2O2/c1-30(2)40-29-41-38-26-23-36(34-17-11-8-12-18-34)28-45(38)55-50(41)46(31(3)4)48(40)53-43-20-14-13-19-42(43)52(6)51(53)47-32(5)21-24-39-37-25-22-35(27-44(37)54-49(39)47)33-15-9-7-10-16-33/h7-31H,1-6H3/q+1. The van der Waals surface area contributed by atoms with Gasteiger partial charge in [-0.3, -0.25) is 0 Å². The van der Waals surface area contributed by atoms with E-state index in [0.29, 0.717) is 0 Å². The number of benzene rings is 7. The second kappa shape index (κ2) is 12.6. The van der Waals surface area contributed by atoms with Crippen LogP contribution in [0.25, 0.3) is 94.2 Å². The molecule has 0 unspecified atom stereocenters. The van der Waals surface area contributed by atoms with Crippen molar-refractivity contribution in [1.29, 1.82) is 0 Å². The van der Waals surface area contributed by atoms with E-state index in [0.717, 1.165) is 83.0 Å². The summed E-state index contributed by atoms with van der Waals surface area (Å²) in [5, 5.41) is 4.54. The van der Waals surface area contributed by atoms with Gasteiger partial charge in [-0.1, -0.05) is 125 Å². The molecule has 10 aromatic rings. The van der Waals surface area contributed by atoms with Crippen LogP contribution in [-0.4, -0.2) is 4.57 Å². The Morgan fingerprint density at radius 2 is 1.09 bits per heavy atom. The number of fused-ring (bicyclic) bond motifs is 7. The maximum atomic E-state index is 7.01. The first-order chi connectivity index (χ1) is 26.8. The molecule has 0 aliphatic carbocycles. The van der Waals surface area contributed by atoms with Crippen LogP contribution in [0.5, 0.6) is 0 Å². The van der Waals surface area contributed by atoms with Crippen molar-refractivity contribution in [3.8, 4) is 39.3 Å². The summed E-state index contributed by atoms with van der Waals surface area (Å²) in [6.45, 7) is 11.4. The van der Waals surface area contributed by atoms with Gasteiger partial charge in [-0.25, -0.2) is 4.57 Å². The summed E-state index contributed by atoms with van der Waals surface area (Å²) in [4.78, 5) is 0. The first-order valence-corrected chi connectivity index (χ1v) is 19.4. The molecule has 0 spiro atoms. The number of aryl methyl sites for hydroxylation is 2. The van der Waals surface area contributed by atoms with Crippen LogP contribution >= 0.6 is 0 Å². The number of furan rings is 2. The van der Waals surface area contributed by atoms with E-state index in [1.54, 1.807) is 0 Å². The lowest BCUT2D eigenvalue weighted by Crippen LogP contribution is -2.30. The fraction of sp³-hybridized carbons (Fsp3) is 0.157. The second-order valence-electron chi connectivity index (χ2n) is 15.6. The normalized spacial score (nSPS) is 12.1. The number of rotatable bonds is 6. The quantitative estimate of drug-likeness (QED) is 0.161. The molecular weight excluding hydrogens is 673 g/mol. The van der Waals surface area contributed by atoms with E-state index in [9.17, 15) is 0 Å². The van der Waals surface area contributed by atoms with Crippen LogP contribution in [0, 0.1) is 6.92 Å². The Morgan fingerprint density at radius 1 is 0.527 bits per heavy atom. The van der Waals surface area contributed by atoms with E-state index in [2.05, 4.69) is 190 Å². The minimum Gasteiger partial charge on any atom is -0.456 e. The maximum Gasteiger partial charge on any atom is 0.299 e. The summed E-state index contributed by atoms with van der Waals surface area (Å²) >= 11 is 0. The molecule has 3 aromatic heterocycles. The summed E-state index contributed by atoms with van der Waals surface area (Å²) < 4.78 is 18.9. The summed E-state index contributed by atoms with van der Waals surface area (Å²) in [5.74, 6) is 1.49. The van der Waals surface area contributed by atoms with Crippen molar-refractivity contribution in [2.45, 2.75) is 46.5 Å². The molecule has 0 atom stereocenters. The second-order valence-corrected chi connectivity index (χ2v) is 15.6. The minimum absolute atomic E-state index is 0.171. The number of hydrogen-bond donors (Lipinski definition) is 0. The van der Waals surface area contributed by atoms with E-state index < -0.39 is 0 Å². The van der Waals surface area contributed by atoms with Crippen molar-refractivity contribution in [3.63, 3.8) is 0 Å². The zero-order chi connectivity index (χ0) is 37.5. The van der Waals surface area contributed by atoms with E-state index >= 15 is 0 Å². The van der Waals surface area contributed by atoms with Gasteiger partial charge in [0.2, 0.25) is 0 Å². The first-order valence-electron chi connectivity index (χ1n) is 19.4. The minimum atomic E-state index is 0.171. The molecule has 0 amide bonds. The van der Waals surface area contributed by atoms with Gasteiger partial charge in [0.15, 0.2) is 16.6 Å². The summed E-state index contributed by atoms with van der Waals surface area (Å²) in [6, 6.07) is 50.0. The molecule has 0 saturated carbocycles. The van der Waals surface area contributed by atoms with Gasteiger partial charge < -0.3 is 8.83 Å². The molecule has 55 heavy (non-hydrogen) atoms. The van der Waals surface area contributed by atoms with Gasteiger partial charge >= 0.3 is 0 Å². The molecule has 0 radical (unpaired) electrons. The van der Waals surface area contributed by atoms with Gasteiger partial charge in [-0.05, 0) is 89.0 Å². The van der Waals surface area contributed by atoms with Crippen LogP contribution in [0.4, 0.5) is 0 Å². The molecule has 3 heterocycles. The third kappa shape index (κ3) is 5.08. The Balaban J connectivity index is 1.30. The monoisotopic (exact) mass is 715 g/mol. The zero-order valence-electron chi connectivity index (χ0n) is 32.1. The van der Waals surface area contributed by atoms with Crippen molar-refractivity contribution < 1.29 is 13.4 Å². The molecule has 0 aliphatic rings. The summed E-state index contributed by atoms with van der Waals surface area (Å²) in [5.41, 5.74) is 16.5. The van der Waals surface area contributed by atoms with Gasteiger partial charge in [0, 0.05) is 32.7 Å². The van der Waals surface area contributed by atoms with Crippen LogP contribution in [-0.2, 0) is 7.05 Å². The van der Waals surface area contributed by atoms with Crippen molar-refractivity contribution in [2.24, 2.45) is 7.05 Å². The largest absolute Gasteiger partial charge is 0.456 e. The predicted molar refractivity (Wildman–Crippen MR) is 228 cm³/mol. The highest BCUT2D eigenvalue weighted by atomic mass is 16.3. The van der Waals surface area contributed by atoms with E-state index in [1.807, 2.05) is 0 Å². The smallest absolute Gasteiger partial charge is 0.299 e. The SMILES string of the molecule is Cc1ccc2c(oc3cc(-c4ccccc4)ccc32)c1-c1n(-c2c(C(C)C)cc3c(oc4cc(-c5ccccc5)ccc43)c2C(C)C)c2ccccc2[n+]1C. The molecule has 0 saturated heterocycles. The zero-order valence-corrected chi connectivity index (χ0v) is 32.1. The maximum absolute atomic E-state index is 7.01. The molecule has 7 aromatic carbocycles. The molecule has 4 nitrogen and oxygen atoms in total. The Labute approximate surface area is 320 Å². The van der Waals surface area contributed by atoms with Crippen LogP contribution < -0.4 is 4.57 Å². The number of imidazole rings is 1.